The van der Waals surface area contributed by atoms with E-state index in [1.165, 1.54) is 0 Å². The third-order valence-corrected chi connectivity index (χ3v) is 3.73. The molecule has 6 heteroatoms. The van der Waals surface area contributed by atoms with Crippen LogP contribution in [0.15, 0.2) is 48.7 Å². The van der Waals surface area contributed by atoms with Crippen LogP contribution in [0.4, 0.5) is 5.69 Å². The minimum absolute atomic E-state index is 0.273. The largest absolute Gasteiger partial charge is 0.341 e. The zero-order chi connectivity index (χ0) is 17.1. The molecule has 3 rings (SSSR count). The molecule has 0 fully saturated rings. The van der Waals surface area contributed by atoms with Gasteiger partial charge in [-0.2, -0.15) is 5.10 Å². The van der Waals surface area contributed by atoms with Crippen LogP contribution in [0.25, 0.3) is 10.9 Å². The smallest absolute Gasteiger partial charge is 0.251 e. The van der Waals surface area contributed by atoms with Crippen molar-refractivity contribution in [3.05, 3.63) is 59.8 Å². The lowest BCUT2D eigenvalue weighted by atomic mass is 10.1. The van der Waals surface area contributed by atoms with Crippen molar-refractivity contribution >= 4 is 28.4 Å². The lowest BCUT2D eigenvalue weighted by Crippen LogP contribution is -2.41. The molecule has 1 heterocycles. The number of rotatable bonds is 4. The number of aromatic amines is 1. The molecular formula is C18H18N4O2. The first-order valence-electron chi connectivity index (χ1n) is 7.64. The molecule has 6 nitrogen and oxygen atoms in total. The van der Waals surface area contributed by atoms with Crippen LogP contribution in [0.5, 0.6) is 0 Å². The van der Waals surface area contributed by atoms with Crippen molar-refractivity contribution in [1.29, 1.82) is 0 Å². The van der Waals surface area contributed by atoms with E-state index < -0.39 is 6.04 Å². The second-order valence-electron chi connectivity index (χ2n) is 5.73. The zero-order valence-electron chi connectivity index (χ0n) is 13.5. The Balaban J connectivity index is 1.64. The first-order valence-corrected chi connectivity index (χ1v) is 7.64. The summed E-state index contributed by atoms with van der Waals surface area (Å²) in [6.45, 7) is 3.57. The summed E-state index contributed by atoms with van der Waals surface area (Å²) in [4.78, 5) is 24.5. The van der Waals surface area contributed by atoms with Gasteiger partial charge in [0.2, 0.25) is 5.91 Å². The van der Waals surface area contributed by atoms with E-state index in [2.05, 4.69) is 20.8 Å². The fourth-order valence-corrected chi connectivity index (χ4v) is 2.40. The van der Waals surface area contributed by atoms with Crippen molar-refractivity contribution < 1.29 is 9.59 Å². The van der Waals surface area contributed by atoms with Crippen molar-refractivity contribution in [2.45, 2.75) is 19.9 Å². The van der Waals surface area contributed by atoms with Gasteiger partial charge in [-0.05, 0) is 44.2 Å². The first-order chi connectivity index (χ1) is 11.5. The number of H-pyrrole nitrogens is 1. The zero-order valence-corrected chi connectivity index (χ0v) is 13.5. The van der Waals surface area contributed by atoms with Gasteiger partial charge in [-0.15, -0.1) is 0 Å². The Morgan fingerprint density at radius 1 is 1.17 bits per heavy atom. The van der Waals surface area contributed by atoms with Crippen molar-refractivity contribution in [3.8, 4) is 0 Å². The Morgan fingerprint density at radius 3 is 2.79 bits per heavy atom. The molecule has 1 aromatic heterocycles. The highest BCUT2D eigenvalue weighted by molar-refractivity contribution is 6.01. The number of aromatic nitrogens is 2. The number of amides is 2. The minimum Gasteiger partial charge on any atom is -0.341 e. The fraction of sp³-hybridized carbons (Fsp3) is 0.167. The number of aryl methyl sites for hydroxylation is 1. The molecule has 3 N–H and O–H groups in total. The predicted molar refractivity (Wildman–Crippen MR) is 92.8 cm³/mol. The Bertz CT molecular complexity index is 901. The highest BCUT2D eigenvalue weighted by Crippen LogP contribution is 2.16. The van der Waals surface area contributed by atoms with Crippen LogP contribution in [-0.2, 0) is 4.79 Å². The average molecular weight is 322 g/mol. The molecule has 122 valence electrons. The van der Waals surface area contributed by atoms with E-state index in [4.69, 9.17) is 0 Å². The van der Waals surface area contributed by atoms with Crippen molar-refractivity contribution in [2.24, 2.45) is 0 Å². The maximum absolute atomic E-state index is 12.3. The molecule has 0 radical (unpaired) electrons. The Kier molecular flexibility index (Phi) is 4.29. The molecule has 1 atom stereocenters. The second kappa shape index (κ2) is 6.54. The van der Waals surface area contributed by atoms with E-state index in [0.29, 0.717) is 11.3 Å². The highest BCUT2D eigenvalue weighted by Gasteiger charge is 2.17. The van der Waals surface area contributed by atoms with Crippen LogP contribution in [0.1, 0.15) is 22.8 Å². The summed E-state index contributed by atoms with van der Waals surface area (Å²) in [5.74, 6) is -0.555. The maximum Gasteiger partial charge on any atom is 0.251 e. The summed E-state index contributed by atoms with van der Waals surface area (Å²) >= 11 is 0. The Hall–Kier alpha value is -3.15. The van der Waals surface area contributed by atoms with E-state index in [1.54, 1.807) is 37.4 Å². The molecular weight excluding hydrogens is 304 g/mol. The van der Waals surface area contributed by atoms with E-state index in [-0.39, 0.29) is 11.8 Å². The summed E-state index contributed by atoms with van der Waals surface area (Å²) in [5, 5.41) is 13.3. The summed E-state index contributed by atoms with van der Waals surface area (Å²) in [7, 11) is 0. The lowest BCUT2D eigenvalue weighted by molar-refractivity contribution is -0.117. The summed E-state index contributed by atoms with van der Waals surface area (Å²) in [5.41, 5.74) is 3.01. The number of carbonyl (C=O) groups excluding carboxylic acids is 2. The SMILES string of the molecule is Cc1cccc(C(=O)N[C@H](C)C(=O)Nc2ccc3cn[nH]c3c2)c1. The number of nitrogens with zero attached hydrogens (tertiary/aromatic N) is 1. The molecule has 3 aromatic rings. The molecule has 2 amide bonds. The van der Waals surface area contributed by atoms with Gasteiger partial charge < -0.3 is 10.6 Å². The van der Waals surface area contributed by atoms with Gasteiger partial charge in [-0.1, -0.05) is 17.7 Å². The van der Waals surface area contributed by atoms with Gasteiger partial charge in [0.15, 0.2) is 0 Å². The predicted octanol–water partition coefficient (Wildman–Crippen LogP) is 2.63. The van der Waals surface area contributed by atoms with Gasteiger partial charge in [-0.25, -0.2) is 0 Å². The van der Waals surface area contributed by atoms with Gasteiger partial charge in [0.25, 0.3) is 5.91 Å². The van der Waals surface area contributed by atoms with Crippen LogP contribution < -0.4 is 10.6 Å². The van der Waals surface area contributed by atoms with Gasteiger partial charge in [-0.3, -0.25) is 14.7 Å². The van der Waals surface area contributed by atoms with Crippen LogP contribution >= 0.6 is 0 Å². The van der Waals surface area contributed by atoms with Crippen LogP contribution in [-0.4, -0.2) is 28.1 Å². The van der Waals surface area contributed by atoms with E-state index >= 15 is 0 Å². The quantitative estimate of drug-likeness (QED) is 0.690. The number of anilines is 1. The molecule has 0 spiro atoms. The normalized spacial score (nSPS) is 11.9. The second-order valence-corrected chi connectivity index (χ2v) is 5.73. The third-order valence-electron chi connectivity index (χ3n) is 3.73. The first kappa shape index (κ1) is 15.7. The number of hydrogen-bond donors (Lipinski definition) is 3. The molecule has 24 heavy (non-hydrogen) atoms. The van der Waals surface area contributed by atoms with E-state index in [1.807, 2.05) is 25.1 Å². The standard InChI is InChI=1S/C18H18N4O2/c1-11-4-3-5-13(8-11)18(24)20-12(2)17(23)21-15-7-6-14-10-19-22-16(14)9-15/h3-10,12H,1-2H3,(H,19,22)(H,20,24)(H,21,23)/t12-/m1/s1. The number of nitrogens with one attached hydrogen (secondary N) is 3. The van der Waals surface area contributed by atoms with Gasteiger partial charge in [0.1, 0.15) is 6.04 Å². The molecule has 0 aliphatic rings. The fourth-order valence-electron chi connectivity index (χ4n) is 2.40. The van der Waals surface area contributed by atoms with Crippen LogP contribution in [0.3, 0.4) is 0 Å². The maximum atomic E-state index is 12.3. The van der Waals surface area contributed by atoms with Gasteiger partial charge in [0, 0.05) is 16.6 Å². The minimum atomic E-state index is -0.657. The molecule has 0 aliphatic heterocycles. The molecule has 2 aromatic carbocycles. The van der Waals surface area contributed by atoms with Crippen molar-refractivity contribution in [3.63, 3.8) is 0 Å². The van der Waals surface area contributed by atoms with Gasteiger partial charge >= 0.3 is 0 Å². The van der Waals surface area contributed by atoms with E-state index in [9.17, 15) is 9.59 Å². The summed E-state index contributed by atoms with van der Waals surface area (Å²) in [6, 6.07) is 12.0. The molecule has 0 bridgehead atoms. The molecule has 0 saturated heterocycles. The molecule has 0 unspecified atom stereocenters. The van der Waals surface area contributed by atoms with Gasteiger partial charge in [0.05, 0.1) is 11.7 Å². The topological polar surface area (TPSA) is 86.9 Å². The third kappa shape index (κ3) is 3.43. The van der Waals surface area contributed by atoms with E-state index in [0.717, 1.165) is 16.5 Å². The van der Waals surface area contributed by atoms with Crippen molar-refractivity contribution in [1.82, 2.24) is 15.5 Å². The Labute approximate surface area is 139 Å². The highest BCUT2D eigenvalue weighted by atomic mass is 16.2. The Morgan fingerprint density at radius 2 is 2.00 bits per heavy atom. The monoisotopic (exact) mass is 322 g/mol. The molecule has 0 aliphatic carbocycles. The lowest BCUT2D eigenvalue weighted by Gasteiger charge is -2.14. The number of fused-ring (bicyclic) bond motifs is 1. The van der Waals surface area contributed by atoms with Crippen LogP contribution in [0.2, 0.25) is 0 Å². The average Bonchev–Trinajstić information content (AvgIpc) is 3.02. The van der Waals surface area contributed by atoms with Crippen molar-refractivity contribution in [2.75, 3.05) is 5.32 Å². The summed E-state index contributed by atoms with van der Waals surface area (Å²) < 4.78 is 0. The van der Waals surface area contributed by atoms with Crippen LogP contribution in [0, 0.1) is 6.92 Å². The number of hydrogen-bond acceptors (Lipinski definition) is 3. The summed E-state index contributed by atoms with van der Waals surface area (Å²) in [6.07, 6.45) is 1.71. The number of benzene rings is 2. The molecule has 0 saturated carbocycles. The number of carbonyl (C=O) groups is 2.